The Bertz CT molecular complexity index is 435. The van der Waals surface area contributed by atoms with Crippen LogP contribution in [0.5, 0.6) is 0 Å². The van der Waals surface area contributed by atoms with E-state index in [-0.39, 0.29) is 11.9 Å². The second-order valence-electron chi connectivity index (χ2n) is 5.20. The average Bonchev–Trinajstić information content (AvgIpc) is 2.51. The van der Waals surface area contributed by atoms with E-state index in [0.29, 0.717) is 5.56 Å². The summed E-state index contributed by atoms with van der Waals surface area (Å²) in [5.74, 6) is 0.694. The predicted molar refractivity (Wildman–Crippen MR) is 87.9 cm³/mol. The molecule has 0 aliphatic heterocycles. The van der Waals surface area contributed by atoms with Gasteiger partial charge in [-0.1, -0.05) is 20.8 Å². The van der Waals surface area contributed by atoms with Crippen molar-refractivity contribution in [3.63, 3.8) is 0 Å². The van der Waals surface area contributed by atoms with Crippen molar-refractivity contribution in [2.45, 2.75) is 40.2 Å². The lowest BCUT2D eigenvalue weighted by atomic mass is 10.1. The number of nitrogens with one attached hydrogen (secondary N) is 2. The van der Waals surface area contributed by atoms with Crippen molar-refractivity contribution in [1.29, 1.82) is 0 Å². The van der Waals surface area contributed by atoms with E-state index in [1.165, 1.54) is 0 Å². The van der Waals surface area contributed by atoms with Crippen molar-refractivity contribution in [2.24, 2.45) is 0 Å². The van der Waals surface area contributed by atoms with E-state index in [9.17, 15) is 4.79 Å². The molecule has 1 aromatic heterocycles. The first-order chi connectivity index (χ1) is 10.0. The van der Waals surface area contributed by atoms with E-state index < -0.39 is 0 Å². The van der Waals surface area contributed by atoms with Gasteiger partial charge in [0.05, 0.1) is 0 Å². The van der Waals surface area contributed by atoms with Gasteiger partial charge in [-0.2, -0.15) is 0 Å². The Labute approximate surface area is 128 Å². The number of nitrogens with zero attached hydrogens (tertiary/aromatic N) is 2. The van der Waals surface area contributed by atoms with Crippen LogP contribution in [0.4, 0.5) is 5.82 Å². The largest absolute Gasteiger partial charge is 0.373 e. The molecule has 1 unspecified atom stereocenters. The fourth-order valence-electron chi connectivity index (χ4n) is 2.25. The first-order valence-corrected chi connectivity index (χ1v) is 7.75. The third-order valence-electron chi connectivity index (χ3n) is 3.56. The number of likely N-dealkylation sites (N-methyl/N-ethyl adjacent to an activating group) is 1. The Hall–Kier alpha value is -1.62. The van der Waals surface area contributed by atoms with Crippen LogP contribution in [0.2, 0.25) is 0 Å². The van der Waals surface area contributed by atoms with Gasteiger partial charge in [0.15, 0.2) is 0 Å². The van der Waals surface area contributed by atoms with Crippen LogP contribution in [-0.2, 0) is 6.42 Å². The Morgan fingerprint density at radius 3 is 2.48 bits per heavy atom. The number of anilines is 1. The minimum Gasteiger partial charge on any atom is -0.373 e. The van der Waals surface area contributed by atoms with Gasteiger partial charge >= 0.3 is 0 Å². The van der Waals surface area contributed by atoms with E-state index >= 15 is 0 Å². The van der Waals surface area contributed by atoms with E-state index in [2.05, 4.69) is 34.4 Å². The zero-order valence-electron chi connectivity index (χ0n) is 13.9. The normalized spacial score (nSPS) is 12.3. The maximum Gasteiger partial charge on any atom is 0.251 e. The summed E-state index contributed by atoms with van der Waals surface area (Å²) in [6.45, 7) is 11.2. The Balaban J connectivity index is 2.74. The molecule has 0 fully saturated rings. The molecule has 0 aliphatic rings. The number of aryl methyl sites for hydroxylation is 1. The van der Waals surface area contributed by atoms with Gasteiger partial charge in [-0.25, -0.2) is 4.98 Å². The third kappa shape index (κ3) is 5.34. The fraction of sp³-hybridized carbons (Fsp3) is 0.625. The topological polar surface area (TPSA) is 57.3 Å². The molecule has 5 heteroatoms. The van der Waals surface area contributed by atoms with E-state index in [0.717, 1.165) is 37.6 Å². The first kappa shape index (κ1) is 17.4. The van der Waals surface area contributed by atoms with Crippen molar-refractivity contribution in [1.82, 2.24) is 15.2 Å². The van der Waals surface area contributed by atoms with Crippen LogP contribution < -0.4 is 10.6 Å². The number of carbonyl (C=O) groups excluding carboxylic acids is 1. The van der Waals surface area contributed by atoms with Crippen molar-refractivity contribution in [2.75, 3.05) is 32.0 Å². The molecule has 5 nitrogen and oxygen atoms in total. The summed E-state index contributed by atoms with van der Waals surface area (Å²) >= 11 is 0. The lowest BCUT2D eigenvalue weighted by molar-refractivity contribution is 0.0930. The van der Waals surface area contributed by atoms with Gasteiger partial charge < -0.3 is 15.5 Å². The van der Waals surface area contributed by atoms with Gasteiger partial charge in [0.25, 0.3) is 5.91 Å². The molecule has 118 valence electrons. The van der Waals surface area contributed by atoms with E-state index in [4.69, 9.17) is 0 Å². The van der Waals surface area contributed by atoms with Crippen LogP contribution in [0.3, 0.4) is 0 Å². The zero-order valence-corrected chi connectivity index (χ0v) is 13.9. The monoisotopic (exact) mass is 292 g/mol. The van der Waals surface area contributed by atoms with Crippen LogP contribution in [0, 0.1) is 0 Å². The summed E-state index contributed by atoms with van der Waals surface area (Å²) in [5, 5.41) is 6.06. The van der Waals surface area contributed by atoms with Gasteiger partial charge in [-0.15, -0.1) is 0 Å². The second kappa shape index (κ2) is 8.62. The van der Waals surface area contributed by atoms with Gasteiger partial charge in [0.1, 0.15) is 5.82 Å². The van der Waals surface area contributed by atoms with Crippen LogP contribution >= 0.6 is 0 Å². The van der Waals surface area contributed by atoms with Crippen molar-refractivity contribution in [3.8, 4) is 0 Å². The lowest BCUT2D eigenvalue weighted by Gasteiger charge is -2.23. The molecule has 2 N–H and O–H groups in total. The second-order valence-corrected chi connectivity index (χ2v) is 5.20. The Kier molecular flexibility index (Phi) is 7.15. The summed E-state index contributed by atoms with van der Waals surface area (Å²) in [4.78, 5) is 19.1. The number of amides is 1. The first-order valence-electron chi connectivity index (χ1n) is 7.75. The molecule has 1 aromatic rings. The molecule has 0 aromatic carbocycles. The van der Waals surface area contributed by atoms with Crippen molar-refractivity contribution in [3.05, 3.63) is 23.4 Å². The predicted octanol–water partition coefficient (Wildman–Crippen LogP) is 2.15. The number of hydrogen-bond acceptors (Lipinski definition) is 4. The van der Waals surface area contributed by atoms with Crippen molar-refractivity contribution >= 4 is 11.7 Å². The van der Waals surface area contributed by atoms with Gasteiger partial charge in [-0.05, 0) is 38.6 Å². The molecule has 1 amide bonds. The van der Waals surface area contributed by atoms with Gasteiger partial charge in [-0.3, -0.25) is 4.79 Å². The van der Waals surface area contributed by atoms with Crippen LogP contribution in [0.1, 0.15) is 43.7 Å². The molecule has 1 rings (SSSR count). The molecule has 21 heavy (non-hydrogen) atoms. The summed E-state index contributed by atoms with van der Waals surface area (Å²) in [7, 11) is 1.81. The number of carbonyl (C=O) groups is 1. The summed E-state index contributed by atoms with van der Waals surface area (Å²) in [5.41, 5.74) is 1.58. The highest BCUT2D eigenvalue weighted by Crippen LogP contribution is 2.11. The van der Waals surface area contributed by atoms with Crippen molar-refractivity contribution < 1.29 is 4.79 Å². The minimum atomic E-state index is -0.0387. The van der Waals surface area contributed by atoms with E-state index in [1.54, 1.807) is 6.07 Å². The molecule has 1 heterocycles. The van der Waals surface area contributed by atoms with E-state index in [1.807, 2.05) is 27.0 Å². The summed E-state index contributed by atoms with van der Waals surface area (Å²) in [6, 6.07) is 3.77. The standard InChI is InChI=1S/C16H28N4O/c1-6-14-9-13(10-15(17-5)19-14)16(21)18-12(4)11-20(7-2)8-3/h9-10,12H,6-8,11H2,1-5H3,(H,17,19)(H,18,21). The number of rotatable bonds is 8. The maximum atomic E-state index is 12.4. The minimum absolute atomic E-state index is 0.0387. The molecule has 1 atom stereocenters. The average molecular weight is 292 g/mol. The molecular formula is C16H28N4O. The highest BCUT2D eigenvalue weighted by Gasteiger charge is 2.13. The Morgan fingerprint density at radius 2 is 1.95 bits per heavy atom. The molecule has 0 spiro atoms. The highest BCUT2D eigenvalue weighted by atomic mass is 16.1. The fourth-order valence-corrected chi connectivity index (χ4v) is 2.25. The third-order valence-corrected chi connectivity index (χ3v) is 3.56. The van der Waals surface area contributed by atoms with Gasteiger partial charge in [0.2, 0.25) is 0 Å². The molecular weight excluding hydrogens is 264 g/mol. The quantitative estimate of drug-likeness (QED) is 0.771. The molecule has 0 radical (unpaired) electrons. The van der Waals surface area contributed by atoms with Gasteiger partial charge in [0, 0.05) is 30.9 Å². The lowest BCUT2D eigenvalue weighted by Crippen LogP contribution is -2.42. The van der Waals surface area contributed by atoms with Crippen LogP contribution in [0.25, 0.3) is 0 Å². The highest BCUT2D eigenvalue weighted by molar-refractivity contribution is 5.95. The molecule has 0 aliphatic carbocycles. The zero-order chi connectivity index (χ0) is 15.8. The SMILES string of the molecule is CCc1cc(C(=O)NC(C)CN(CC)CC)cc(NC)n1. The summed E-state index contributed by atoms with van der Waals surface area (Å²) in [6.07, 6.45) is 0.810. The number of pyridine rings is 1. The summed E-state index contributed by atoms with van der Waals surface area (Å²) < 4.78 is 0. The number of aromatic nitrogens is 1. The molecule has 0 saturated carbocycles. The van der Waals surface area contributed by atoms with Crippen LogP contribution in [-0.4, -0.2) is 48.5 Å². The smallest absolute Gasteiger partial charge is 0.251 e. The Morgan fingerprint density at radius 1 is 1.29 bits per heavy atom. The number of hydrogen-bond donors (Lipinski definition) is 2. The van der Waals surface area contributed by atoms with Crippen LogP contribution in [0.15, 0.2) is 12.1 Å². The molecule has 0 saturated heterocycles. The molecule has 0 bridgehead atoms. The maximum absolute atomic E-state index is 12.4.